The molecule has 0 radical (unpaired) electrons. The highest BCUT2D eigenvalue weighted by Gasteiger charge is 2.20. The fraction of sp³-hybridized carbons (Fsp3) is 1.00. The first-order valence-electron chi connectivity index (χ1n) is 3.08. The number of halogens is 4. The van der Waals surface area contributed by atoms with Crippen molar-refractivity contribution in [3.05, 3.63) is 0 Å². The maximum absolute atomic E-state index is 9.75. The highest BCUT2D eigenvalue weighted by molar-refractivity contribution is 6.50. The predicted molar refractivity (Wildman–Crippen MR) is 40.1 cm³/mol. The van der Waals surface area contributed by atoms with E-state index in [9.17, 15) is 17.3 Å². The van der Waals surface area contributed by atoms with Crippen LogP contribution in [0.3, 0.4) is 0 Å². The molecule has 0 aromatic heterocycles. The first kappa shape index (κ1) is 13.3. The van der Waals surface area contributed by atoms with E-state index in [1.807, 2.05) is 0 Å². The Labute approximate surface area is 65.8 Å². The van der Waals surface area contributed by atoms with Crippen LogP contribution in [-0.2, 0) is 0 Å². The molecule has 1 saturated heterocycles. The maximum Gasteiger partial charge on any atom is 1.00 e. The van der Waals surface area contributed by atoms with Crippen LogP contribution in [0.2, 0.25) is 0 Å². The average molecular weight is 175 g/mol. The van der Waals surface area contributed by atoms with Gasteiger partial charge in [0.05, 0.1) is 0 Å². The van der Waals surface area contributed by atoms with E-state index < -0.39 is 7.25 Å². The molecule has 1 N–H and O–H groups in total. The molecule has 0 aliphatic carbocycles. The van der Waals surface area contributed by atoms with Gasteiger partial charge >= 0.3 is 8.68 Å². The van der Waals surface area contributed by atoms with E-state index in [0.29, 0.717) is 0 Å². The Morgan fingerprint density at radius 1 is 1.00 bits per heavy atom. The number of hydrogen-bond donors (Lipinski definition) is 1. The number of nitrogens with one attached hydrogen (secondary N) is 1. The Morgan fingerprint density at radius 2 is 1.27 bits per heavy atom. The van der Waals surface area contributed by atoms with Gasteiger partial charge in [0.1, 0.15) is 0 Å². The zero-order valence-corrected chi connectivity index (χ0v) is 5.42. The summed E-state index contributed by atoms with van der Waals surface area (Å²) >= 11 is 0. The highest BCUT2D eigenvalue weighted by Crippen LogP contribution is 2.06. The summed E-state index contributed by atoms with van der Waals surface area (Å²) in [5.74, 6) is 0. The smallest absolute Gasteiger partial charge is 0.418 e. The van der Waals surface area contributed by atoms with Crippen molar-refractivity contribution >= 4 is 7.25 Å². The topological polar surface area (TPSA) is 12.0 Å². The minimum Gasteiger partial charge on any atom is -0.418 e. The molecular weight excluding hydrogens is 161 g/mol. The van der Waals surface area contributed by atoms with Gasteiger partial charge in [0.25, 0.3) is 0 Å². The van der Waals surface area contributed by atoms with Crippen molar-refractivity contribution in [1.82, 2.24) is 5.32 Å². The van der Waals surface area contributed by atoms with Gasteiger partial charge in [0.15, 0.2) is 0 Å². The quantitative estimate of drug-likeness (QED) is 0.440. The maximum atomic E-state index is 9.75. The zero-order valence-electron chi connectivity index (χ0n) is 6.42. The minimum absolute atomic E-state index is 0. The standard InChI is InChI=1S/C4H9N.CH4.BF4/c1-2-4-5-3-1;;2-1(3,4)5/h5H,1-4H2;1H4;/q;;-1/p+1. The molecule has 0 atom stereocenters. The Balaban J connectivity index is -0.000000116. The van der Waals surface area contributed by atoms with Crippen LogP contribution in [0.25, 0.3) is 0 Å². The Morgan fingerprint density at radius 3 is 1.36 bits per heavy atom. The summed E-state index contributed by atoms with van der Waals surface area (Å²) < 4.78 is 39.0. The molecule has 0 unspecified atom stereocenters. The van der Waals surface area contributed by atoms with Crippen molar-refractivity contribution in [2.75, 3.05) is 13.1 Å². The van der Waals surface area contributed by atoms with Gasteiger partial charge in [-0.1, -0.05) is 7.43 Å². The van der Waals surface area contributed by atoms with Gasteiger partial charge in [-0.3, -0.25) is 0 Å². The number of rotatable bonds is 0. The van der Waals surface area contributed by atoms with E-state index in [2.05, 4.69) is 5.32 Å². The Bertz CT molecular complexity index is 72.4. The molecule has 0 bridgehead atoms. The molecule has 0 aromatic carbocycles. The predicted octanol–water partition coefficient (Wildman–Crippen LogP) is 2.42. The lowest BCUT2D eigenvalue weighted by molar-refractivity contribution is 0.368. The first-order valence-corrected chi connectivity index (χ1v) is 3.08. The lowest BCUT2D eigenvalue weighted by Crippen LogP contribution is -2.03. The summed E-state index contributed by atoms with van der Waals surface area (Å²) in [5, 5.41) is 3.22. The van der Waals surface area contributed by atoms with Gasteiger partial charge in [-0.15, -0.1) is 0 Å². The zero-order chi connectivity index (χ0) is 8.04. The van der Waals surface area contributed by atoms with E-state index in [1.165, 1.54) is 25.9 Å². The third-order valence-electron chi connectivity index (χ3n) is 0.957. The van der Waals surface area contributed by atoms with E-state index in [4.69, 9.17) is 0 Å². The molecule has 1 heterocycles. The van der Waals surface area contributed by atoms with E-state index in [-0.39, 0.29) is 8.85 Å². The van der Waals surface area contributed by atoms with Crippen LogP contribution in [0.1, 0.15) is 21.7 Å². The average Bonchev–Trinajstić information content (AvgIpc) is 2.07. The first-order chi connectivity index (χ1) is 4.50. The second-order valence-corrected chi connectivity index (χ2v) is 1.95. The lowest BCUT2D eigenvalue weighted by Gasteiger charge is -1.94. The van der Waals surface area contributed by atoms with Crippen LogP contribution in [-0.4, -0.2) is 20.3 Å². The van der Waals surface area contributed by atoms with Gasteiger partial charge in [-0.05, 0) is 25.9 Å². The van der Waals surface area contributed by atoms with Crippen LogP contribution in [0, 0.1) is 0 Å². The summed E-state index contributed by atoms with van der Waals surface area (Å²) in [6.45, 7) is 2.50. The largest absolute Gasteiger partial charge is 1.00 e. The second kappa shape index (κ2) is 6.45. The monoisotopic (exact) mass is 175 g/mol. The molecule has 1 aliphatic heterocycles. The van der Waals surface area contributed by atoms with Crippen molar-refractivity contribution in [2.24, 2.45) is 0 Å². The SMILES string of the molecule is C.C1CCNC1.F[B-](F)(F)F.[H+]. The van der Waals surface area contributed by atoms with Crippen LogP contribution < -0.4 is 5.32 Å². The fourth-order valence-electron chi connectivity index (χ4n) is 0.625. The van der Waals surface area contributed by atoms with E-state index in [0.717, 1.165) is 0 Å². The van der Waals surface area contributed by atoms with Crippen molar-refractivity contribution in [3.8, 4) is 0 Å². The molecule has 1 fully saturated rings. The molecule has 70 valence electrons. The van der Waals surface area contributed by atoms with Gasteiger partial charge in [-0.25, -0.2) is 0 Å². The van der Waals surface area contributed by atoms with E-state index in [1.54, 1.807) is 0 Å². The van der Waals surface area contributed by atoms with Gasteiger partial charge in [-0.2, -0.15) is 0 Å². The van der Waals surface area contributed by atoms with Crippen molar-refractivity contribution in [3.63, 3.8) is 0 Å². The summed E-state index contributed by atoms with van der Waals surface area (Å²) in [4.78, 5) is 0. The second-order valence-electron chi connectivity index (χ2n) is 1.95. The molecule has 1 nitrogen and oxygen atoms in total. The summed E-state index contributed by atoms with van der Waals surface area (Å²) in [7, 11) is -6.00. The van der Waals surface area contributed by atoms with E-state index >= 15 is 0 Å². The lowest BCUT2D eigenvalue weighted by atomic mass is 10.3. The molecule has 0 spiro atoms. The summed E-state index contributed by atoms with van der Waals surface area (Å²) in [6, 6.07) is 0. The molecule has 1 aliphatic rings. The van der Waals surface area contributed by atoms with Gasteiger partial charge < -0.3 is 22.6 Å². The van der Waals surface area contributed by atoms with Crippen LogP contribution in [0.4, 0.5) is 17.3 Å². The molecule has 1 rings (SSSR count). The van der Waals surface area contributed by atoms with Crippen molar-refractivity contribution in [1.29, 1.82) is 0 Å². The van der Waals surface area contributed by atoms with Crippen LogP contribution >= 0.6 is 0 Å². The summed E-state index contributed by atoms with van der Waals surface area (Å²) in [5.41, 5.74) is 0. The molecular formula is C5H14BF4N. The molecule has 6 heteroatoms. The van der Waals surface area contributed by atoms with Crippen molar-refractivity contribution in [2.45, 2.75) is 20.3 Å². The third-order valence-corrected chi connectivity index (χ3v) is 0.957. The minimum atomic E-state index is -6.00. The highest BCUT2D eigenvalue weighted by atomic mass is 19.5. The molecule has 0 amide bonds. The van der Waals surface area contributed by atoms with Crippen LogP contribution in [0.5, 0.6) is 0 Å². The van der Waals surface area contributed by atoms with Crippen molar-refractivity contribution < 1.29 is 18.7 Å². The Kier molecular flexibility index (Phi) is 7.83. The van der Waals surface area contributed by atoms with Gasteiger partial charge in [0.2, 0.25) is 0 Å². The fourth-order valence-corrected chi connectivity index (χ4v) is 0.625. The number of hydrogen-bond acceptors (Lipinski definition) is 1. The third kappa shape index (κ3) is 26.0. The Hall–Kier alpha value is -0.255. The summed E-state index contributed by atoms with van der Waals surface area (Å²) in [6.07, 6.45) is 2.78. The molecule has 0 saturated carbocycles. The van der Waals surface area contributed by atoms with Crippen LogP contribution in [0.15, 0.2) is 0 Å². The molecule has 0 aromatic rings. The normalized spacial score (nSPS) is 16.4. The van der Waals surface area contributed by atoms with Gasteiger partial charge in [0, 0.05) is 0 Å². The molecule has 11 heavy (non-hydrogen) atoms.